The molecule has 0 radical (unpaired) electrons. The van der Waals surface area contributed by atoms with E-state index in [4.69, 9.17) is 0 Å². The standard InChI is InChI=1S/C16H23NO/c1-12-10-16(18,11-17(12)2)15-9-4-3-8-14(15)13-6-5-7-13/h3-4,8-9,12-13,18H,5-7,10-11H2,1-2H3. The maximum Gasteiger partial charge on any atom is 0.104 e. The average molecular weight is 245 g/mol. The van der Waals surface area contributed by atoms with Crippen LogP contribution in [0, 0.1) is 0 Å². The number of likely N-dealkylation sites (N-methyl/N-ethyl adjacent to an activating group) is 1. The summed E-state index contributed by atoms with van der Waals surface area (Å²) in [6.45, 7) is 2.96. The van der Waals surface area contributed by atoms with Gasteiger partial charge in [-0.15, -0.1) is 0 Å². The van der Waals surface area contributed by atoms with E-state index in [2.05, 4.69) is 43.1 Å². The maximum absolute atomic E-state index is 11.0. The Morgan fingerprint density at radius 3 is 2.56 bits per heavy atom. The van der Waals surface area contributed by atoms with Crippen molar-refractivity contribution in [2.75, 3.05) is 13.6 Å². The van der Waals surface area contributed by atoms with Gasteiger partial charge in [-0.05, 0) is 50.3 Å². The van der Waals surface area contributed by atoms with Gasteiger partial charge in [-0.25, -0.2) is 0 Å². The molecule has 3 rings (SSSR count). The summed E-state index contributed by atoms with van der Waals surface area (Å²) in [4.78, 5) is 2.26. The summed E-state index contributed by atoms with van der Waals surface area (Å²) < 4.78 is 0. The molecule has 1 aliphatic heterocycles. The first-order chi connectivity index (χ1) is 8.60. The Bertz CT molecular complexity index is 428. The second-order valence-corrected chi connectivity index (χ2v) is 6.21. The zero-order valence-electron chi connectivity index (χ0n) is 11.4. The molecular formula is C16H23NO. The molecule has 1 saturated heterocycles. The van der Waals surface area contributed by atoms with Crippen molar-refractivity contribution < 1.29 is 5.11 Å². The van der Waals surface area contributed by atoms with E-state index in [1.807, 2.05) is 0 Å². The SMILES string of the molecule is CC1CC(O)(c2ccccc2C2CCC2)CN1C. The topological polar surface area (TPSA) is 23.5 Å². The highest BCUT2D eigenvalue weighted by Crippen LogP contribution is 2.43. The van der Waals surface area contributed by atoms with Crippen LogP contribution >= 0.6 is 0 Å². The lowest BCUT2D eigenvalue weighted by molar-refractivity contribution is 0.0468. The summed E-state index contributed by atoms with van der Waals surface area (Å²) >= 11 is 0. The molecule has 1 aromatic carbocycles. The minimum atomic E-state index is -0.639. The molecule has 0 aromatic heterocycles. The van der Waals surface area contributed by atoms with E-state index >= 15 is 0 Å². The number of β-amino-alcohol motifs (C(OH)–C–C–N with tert-alkyl or cyclic N) is 1. The molecule has 2 fully saturated rings. The van der Waals surface area contributed by atoms with Crippen LogP contribution in [0.15, 0.2) is 24.3 Å². The fourth-order valence-electron chi connectivity index (χ4n) is 3.47. The average Bonchev–Trinajstić information content (AvgIpc) is 2.52. The molecule has 2 nitrogen and oxygen atoms in total. The molecule has 18 heavy (non-hydrogen) atoms. The van der Waals surface area contributed by atoms with Crippen LogP contribution in [0.1, 0.15) is 49.7 Å². The minimum absolute atomic E-state index is 0.462. The summed E-state index contributed by atoms with van der Waals surface area (Å²) in [6, 6.07) is 9.00. The Morgan fingerprint density at radius 2 is 2.00 bits per heavy atom. The summed E-state index contributed by atoms with van der Waals surface area (Å²) in [6.07, 6.45) is 4.78. The van der Waals surface area contributed by atoms with Crippen molar-refractivity contribution in [3.8, 4) is 0 Å². The quantitative estimate of drug-likeness (QED) is 0.866. The van der Waals surface area contributed by atoms with Gasteiger partial charge in [0.25, 0.3) is 0 Å². The van der Waals surface area contributed by atoms with Gasteiger partial charge < -0.3 is 10.0 Å². The monoisotopic (exact) mass is 245 g/mol. The zero-order valence-corrected chi connectivity index (χ0v) is 11.4. The Kier molecular flexibility index (Phi) is 2.95. The van der Waals surface area contributed by atoms with Crippen LogP contribution in [0.4, 0.5) is 0 Å². The molecule has 1 aromatic rings. The van der Waals surface area contributed by atoms with Crippen molar-refractivity contribution in [2.45, 2.75) is 50.2 Å². The van der Waals surface area contributed by atoms with Gasteiger partial charge in [0, 0.05) is 12.6 Å². The largest absolute Gasteiger partial charge is 0.384 e. The van der Waals surface area contributed by atoms with Gasteiger partial charge in [-0.1, -0.05) is 30.7 Å². The molecule has 1 saturated carbocycles. The van der Waals surface area contributed by atoms with E-state index in [9.17, 15) is 5.11 Å². The third-order valence-corrected chi connectivity index (χ3v) is 4.90. The van der Waals surface area contributed by atoms with Crippen LogP contribution in [0.5, 0.6) is 0 Å². The van der Waals surface area contributed by atoms with E-state index in [0.717, 1.165) is 13.0 Å². The number of benzene rings is 1. The van der Waals surface area contributed by atoms with Crippen molar-refractivity contribution in [1.29, 1.82) is 0 Å². The number of likely N-dealkylation sites (tertiary alicyclic amines) is 1. The van der Waals surface area contributed by atoms with Crippen LogP contribution in [-0.2, 0) is 5.60 Å². The first-order valence-electron chi connectivity index (χ1n) is 7.12. The van der Waals surface area contributed by atoms with E-state index in [0.29, 0.717) is 12.0 Å². The fourth-order valence-corrected chi connectivity index (χ4v) is 3.47. The van der Waals surface area contributed by atoms with E-state index in [1.165, 1.54) is 30.4 Å². The number of hydrogen-bond donors (Lipinski definition) is 1. The van der Waals surface area contributed by atoms with E-state index in [1.54, 1.807) is 0 Å². The van der Waals surface area contributed by atoms with Crippen LogP contribution in [-0.4, -0.2) is 29.6 Å². The van der Waals surface area contributed by atoms with Gasteiger partial charge >= 0.3 is 0 Å². The molecule has 1 N–H and O–H groups in total. The third-order valence-electron chi connectivity index (χ3n) is 4.90. The number of nitrogens with zero attached hydrogens (tertiary/aromatic N) is 1. The maximum atomic E-state index is 11.0. The minimum Gasteiger partial charge on any atom is -0.384 e. The highest BCUT2D eigenvalue weighted by molar-refractivity contribution is 5.37. The molecule has 1 aliphatic carbocycles. The van der Waals surface area contributed by atoms with Crippen LogP contribution in [0.3, 0.4) is 0 Å². The fraction of sp³-hybridized carbons (Fsp3) is 0.625. The highest BCUT2D eigenvalue weighted by Gasteiger charge is 2.42. The van der Waals surface area contributed by atoms with Gasteiger partial charge in [0.05, 0.1) is 0 Å². The van der Waals surface area contributed by atoms with Gasteiger partial charge in [0.1, 0.15) is 5.60 Å². The zero-order chi connectivity index (χ0) is 12.8. The summed E-state index contributed by atoms with van der Waals surface area (Å²) in [5.41, 5.74) is 1.94. The molecule has 0 amide bonds. The van der Waals surface area contributed by atoms with E-state index in [-0.39, 0.29) is 0 Å². The van der Waals surface area contributed by atoms with Crippen molar-refractivity contribution in [3.63, 3.8) is 0 Å². The number of rotatable bonds is 2. The molecule has 2 atom stereocenters. The predicted molar refractivity (Wildman–Crippen MR) is 73.6 cm³/mol. The van der Waals surface area contributed by atoms with Crippen molar-refractivity contribution in [2.24, 2.45) is 0 Å². The lowest BCUT2D eigenvalue weighted by Gasteiger charge is -2.33. The predicted octanol–water partition coefficient (Wildman–Crippen LogP) is 2.87. The Balaban J connectivity index is 1.96. The summed E-state index contributed by atoms with van der Waals surface area (Å²) in [5, 5.41) is 11.0. The number of aliphatic hydroxyl groups is 1. The molecule has 0 spiro atoms. The van der Waals surface area contributed by atoms with E-state index < -0.39 is 5.60 Å². The van der Waals surface area contributed by atoms with Crippen LogP contribution < -0.4 is 0 Å². The van der Waals surface area contributed by atoms with Crippen LogP contribution in [0.25, 0.3) is 0 Å². The first kappa shape index (κ1) is 12.2. The second-order valence-electron chi connectivity index (χ2n) is 6.21. The molecule has 1 heterocycles. The highest BCUT2D eigenvalue weighted by atomic mass is 16.3. The van der Waals surface area contributed by atoms with Gasteiger partial charge in [-0.2, -0.15) is 0 Å². The third kappa shape index (κ3) is 1.88. The molecule has 2 heteroatoms. The molecule has 98 valence electrons. The van der Waals surface area contributed by atoms with Crippen molar-refractivity contribution >= 4 is 0 Å². The lowest BCUT2D eigenvalue weighted by Crippen LogP contribution is -2.31. The Hall–Kier alpha value is -0.860. The summed E-state index contributed by atoms with van der Waals surface area (Å²) in [7, 11) is 2.11. The molecule has 0 bridgehead atoms. The first-order valence-corrected chi connectivity index (χ1v) is 7.12. The normalized spacial score (nSPS) is 33.6. The Morgan fingerprint density at radius 1 is 1.28 bits per heavy atom. The van der Waals surface area contributed by atoms with Gasteiger partial charge in [-0.3, -0.25) is 0 Å². The lowest BCUT2D eigenvalue weighted by atomic mass is 9.74. The smallest absolute Gasteiger partial charge is 0.104 e. The van der Waals surface area contributed by atoms with Gasteiger partial charge in [0.15, 0.2) is 0 Å². The molecule has 2 aliphatic rings. The van der Waals surface area contributed by atoms with Crippen molar-refractivity contribution in [1.82, 2.24) is 4.90 Å². The number of hydrogen-bond acceptors (Lipinski definition) is 2. The van der Waals surface area contributed by atoms with Crippen LogP contribution in [0.2, 0.25) is 0 Å². The molecule has 2 unspecified atom stereocenters. The van der Waals surface area contributed by atoms with Crippen molar-refractivity contribution in [3.05, 3.63) is 35.4 Å². The molecular weight excluding hydrogens is 222 g/mol. The van der Waals surface area contributed by atoms with Gasteiger partial charge in [0.2, 0.25) is 0 Å². The summed E-state index contributed by atoms with van der Waals surface area (Å²) in [5.74, 6) is 0.687. The Labute approximate surface area is 110 Å². The second kappa shape index (κ2) is 4.36.